The summed E-state index contributed by atoms with van der Waals surface area (Å²) in [5.41, 5.74) is 5.14. The van der Waals surface area contributed by atoms with Crippen molar-refractivity contribution in [3.05, 3.63) is 66.0 Å². The number of hydrogen-bond acceptors (Lipinski definition) is 3. The minimum atomic E-state index is -0.717. The Labute approximate surface area is 161 Å². The number of para-hydroxylation sites is 1. The number of nitrogens with one attached hydrogen (secondary N) is 3. The average Bonchev–Trinajstić information content (AvgIpc) is 2.73. The summed E-state index contributed by atoms with van der Waals surface area (Å²) in [4.78, 5) is 38.1. The van der Waals surface area contributed by atoms with E-state index in [-0.39, 0.29) is 23.4 Å². The maximum Gasteiger partial charge on any atom is 0.321 e. The third-order valence-corrected chi connectivity index (χ3v) is 4.60. The predicted molar refractivity (Wildman–Crippen MR) is 102 cm³/mol. The second-order valence-corrected chi connectivity index (χ2v) is 6.48. The highest BCUT2D eigenvalue weighted by atomic mass is 19.1. The fraction of sp³-hybridized carbons (Fsp3) is 0.250. The Kier molecular flexibility index (Phi) is 6.21. The zero-order valence-corrected chi connectivity index (χ0v) is 15.2. The number of anilines is 1. The van der Waals surface area contributed by atoms with Crippen LogP contribution in [0.1, 0.15) is 23.2 Å². The number of nitrogens with zero attached hydrogens (tertiary/aromatic N) is 1. The summed E-state index contributed by atoms with van der Waals surface area (Å²) in [5.74, 6) is -2.06. The molecule has 0 bridgehead atoms. The molecule has 1 fully saturated rings. The SMILES string of the molecule is O=C(NNC(=O)C1CCN(C(=O)Nc2ccccc2)CC1)c1ccccc1F. The maximum absolute atomic E-state index is 13.6. The molecule has 0 radical (unpaired) electrons. The molecule has 3 rings (SSSR count). The van der Waals surface area contributed by atoms with Crippen molar-refractivity contribution in [3.8, 4) is 0 Å². The van der Waals surface area contributed by atoms with E-state index in [2.05, 4.69) is 16.2 Å². The highest BCUT2D eigenvalue weighted by Crippen LogP contribution is 2.18. The number of amides is 4. The van der Waals surface area contributed by atoms with Gasteiger partial charge in [-0.3, -0.25) is 20.4 Å². The van der Waals surface area contributed by atoms with Crippen molar-refractivity contribution >= 4 is 23.5 Å². The molecule has 0 aliphatic carbocycles. The van der Waals surface area contributed by atoms with Gasteiger partial charge in [-0.1, -0.05) is 30.3 Å². The van der Waals surface area contributed by atoms with E-state index in [1.165, 1.54) is 24.3 Å². The van der Waals surface area contributed by atoms with Crippen molar-refractivity contribution in [2.75, 3.05) is 18.4 Å². The molecule has 4 amide bonds. The second-order valence-electron chi connectivity index (χ2n) is 6.48. The normalized spacial score (nSPS) is 14.2. The number of carbonyl (C=O) groups excluding carboxylic acids is 3. The van der Waals surface area contributed by atoms with Crippen LogP contribution >= 0.6 is 0 Å². The molecular weight excluding hydrogens is 363 g/mol. The van der Waals surface area contributed by atoms with Crippen LogP contribution in [-0.4, -0.2) is 35.8 Å². The van der Waals surface area contributed by atoms with Crippen LogP contribution in [0.2, 0.25) is 0 Å². The van der Waals surface area contributed by atoms with Crippen LogP contribution in [0.25, 0.3) is 0 Å². The van der Waals surface area contributed by atoms with Crippen LogP contribution in [0.15, 0.2) is 54.6 Å². The molecule has 0 spiro atoms. The number of likely N-dealkylation sites (tertiary alicyclic amines) is 1. The number of hydrazine groups is 1. The van der Waals surface area contributed by atoms with Gasteiger partial charge in [0.25, 0.3) is 5.91 Å². The Morgan fingerprint density at radius 1 is 0.893 bits per heavy atom. The van der Waals surface area contributed by atoms with Gasteiger partial charge in [0.05, 0.1) is 5.56 Å². The van der Waals surface area contributed by atoms with Crippen molar-refractivity contribution < 1.29 is 18.8 Å². The summed E-state index contributed by atoms with van der Waals surface area (Å²) in [7, 11) is 0. The molecule has 2 aromatic rings. The first-order chi connectivity index (χ1) is 13.5. The van der Waals surface area contributed by atoms with E-state index in [9.17, 15) is 18.8 Å². The quantitative estimate of drug-likeness (QED) is 0.711. The third-order valence-electron chi connectivity index (χ3n) is 4.60. The Morgan fingerprint density at radius 2 is 1.54 bits per heavy atom. The van der Waals surface area contributed by atoms with Crippen LogP contribution in [0.3, 0.4) is 0 Å². The molecule has 0 atom stereocenters. The summed E-state index contributed by atoms with van der Waals surface area (Å²) < 4.78 is 13.6. The molecular formula is C20H21FN4O3. The van der Waals surface area contributed by atoms with Crippen molar-refractivity contribution in [2.24, 2.45) is 5.92 Å². The molecule has 0 aromatic heterocycles. The van der Waals surface area contributed by atoms with Crippen molar-refractivity contribution in [3.63, 3.8) is 0 Å². The molecule has 8 heteroatoms. The summed E-state index contributed by atoms with van der Waals surface area (Å²) in [6.45, 7) is 0.857. The van der Waals surface area contributed by atoms with Gasteiger partial charge in [-0.25, -0.2) is 9.18 Å². The van der Waals surface area contributed by atoms with E-state index < -0.39 is 11.7 Å². The topological polar surface area (TPSA) is 90.5 Å². The van der Waals surface area contributed by atoms with E-state index in [4.69, 9.17) is 0 Å². The fourth-order valence-electron chi connectivity index (χ4n) is 3.00. The predicted octanol–water partition coefficient (Wildman–Crippen LogP) is 2.53. The van der Waals surface area contributed by atoms with Crippen LogP contribution in [-0.2, 0) is 4.79 Å². The summed E-state index contributed by atoms with van der Waals surface area (Å²) in [5, 5.41) is 2.81. The fourth-order valence-corrected chi connectivity index (χ4v) is 3.00. The molecule has 7 nitrogen and oxygen atoms in total. The standard InChI is InChI=1S/C20H21FN4O3/c21-17-9-5-4-8-16(17)19(27)24-23-18(26)14-10-12-25(13-11-14)20(28)22-15-6-2-1-3-7-15/h1-9,14H,10-13H2,(H,22,28)(H,23,26)(H,24,27). The Balaban J connectivity index is 1.44. The first-order valence-corrected chi connectivity index (χ1v) is 9.00. The van der Waals surface area contributed by atoms with Crippen LogP contribution in [0.5, 0.6) is 0 Å². The molecule has 1 aliphatic heterocycles. The lowest BCUT2D eigenvalue weighted by atomic mass is 9.96. The summed E-state index contributed by atoms with van der Waals surface area (Å²) >= 11 is 0. The van der Waals surface area contributed by atoms with Crippen LogP contribution < -0.4 is 16.2 Å². The summed E-state index contributed by atoms with van der Waals surface area (Å²) in [6.07, 6.45) is 0.952. The van der Waals surface area contributed by atoms with E-state index in [0.717, 1.165) is 0 Å². The lowest BCUT2D eigenvalue weighted by molar-refractivity contribution is -0.127. The van der Waals surface area contributed by atoms with Gasteiger partial charge in [-0.2, -0.15) is 0 Å². The van der Waals surface area contributed by atoms with Gasteiger partial charge >= 0.3 is 6.03 Å². The highest BCUT2D eigenvalue weighted by Gasteiger charge is 2.27. The van der Waals surface area contributed by atoms with E-state index in [1.807, 2.05) is 18.2 Å². The molecule has 2 aromatic carbocycles. The molecule has 1 aliphatic rings. The zero-order valence-electron chi connectivity index (χ0n) is 15.2. The lowest BCUT2D eigenvalue weighted by Gasteiger charge is -2.31. The molecule has 28 heavy (non-hydrogen) atoms. The number of rotatable bonds is 3. The third kappa shape index (κ3) is 4.85. The Hall–Kier alpha value is -3.42. The first-order valence-electron chi connectivity index (χ1n) is 9.00. The van der Waals surface area contributed by atoms with Gasteiger partial charge in [0, 0.05) is 24.7 Å². The number of carbonyl (C=O) groups is 3. The maximum atomic E-state index is 13.6. The van der Waals surface area contributed by atoms with Gasteiger partial charge in [-0.05, 0) is 37.1 Å². The van der Waals surface area contributed by atoms with Crippen molar-refractivity contribution in [2.45, 2.75) is 12.8 Å². The largest absolute Gasteiger partial charge is 0.324 e. The van der Waals surface area contributed by atoms with Gasteiger partial charge in [0.15, 0.2) is 0 Å². The van der Waals surface area contributed by atoms with Crippen molar-refractivity contribution in [1.82, 2.24) is 15.8 Å². The Bertz CT molecular complexity index is 852. The van der Waals surface area contributed by atoms with E-state index >= 15 is 0 Å². The van der Waals surface area contributed by atoms with E-state index in [1.54, 1.807) is 17.0 Å². The number of urea groups is 1. The molecule has 146 valence electrons. The zero-order chi connectivity index (χ0) is 19.9. The Morgan fingerprint density at radius 3 is 2.21 bits per heavy atom. The minimum Gasteiger partial charge on any atom is -0.324 e. The number of hydrogen-bond donors (Lipinski definition) is 3. The lowest BCUT2D eigenvalue weighted by Crippen LogP contribution is -2.48. The average molecular weight is 384 g/mol. The molecule has 1 saturated heterocycles. The van der Waals surface area contributed by atoms with Gasteiger partial charge in [0.2, 0.25) is 5.91 Å². The monoisotopic (exact) mass is 384 g/mol. The van der Waals surface area contributed by atoms with Gasteiger partial charge < -0.3 is 10.2 Å². The minimum absolute atomic E-state index is 0.143. The smallest absolute Gasteiger partial charge is 0.321 e. The molecule has 0 unspecified atom stereocenters. The van der Waals surface area contributed by atoms with Gasteiger partial charge in [-0.15, -0.1) is 0 Å². The highest BCUT2D eigenvalue weighted by molar-refractivity contribution is 5.95. The van der Waals surface area contributed by atoms with Gasteiger partial charge in [0.1, 0.15) is 5.82 Å². The number of piperidine rings is 1. The number of benzene rings is 2. The van der Waals surface area contributed by atoms with Crippen molar-refractivity contribution in [1.29, 1.82) is 0 Å². The molecule has 3 N–H and O–H groups in total. The first kappa shape index (κ1) is 19.3. The second kappa shape index (κ2) is 8.98. The van der Waals surface area contributed by atoms with Crippen LogP contribution in [0.4, 0.5) is 14.9 Å². The molecule has 1 heterocycles. The van der Waals surface area contributed by atoms with Crippen LogP contribution in [0, 0.1) is 11.7 Å². The molecule has 0 saturated carbocycles. The summed E-state index contributed by atoms with van der Waals surface area (Å²) in [6, 6.07) is 14.5. The number of halogens is 1. The van der Waals surface area contributed by atoms with E-state index in [0.29, 0.717) is 31.6 Å².